The van der Waals surface area contributed by atoms with Gasteiger partial charge in [0.05, 0.1) is 25.4 Å². The number of aromatic nitrogens is 4. The molecule has 29 heavy (non-hydrogen) atoms. The molecule has 1 aromatic heterocycles. The van der Waals surface area contributed by atoms with E-state index in [1.54, 1.807) is 14.2 Å². The number of hydrogen-bond donors (Lipinski definition) is 1. The third kappa shape index (κ3) is 3.90. The maximum Gasteiger partial charge on any atom is 0.181 e. The number of anilines is 1. The van der Waals surface area contributed by atoms with Gasteiger partial charge >= 0.3 is 0 Å². The summed E-state index contributed by atoms with van der Waals surface area (Å²) in [5, 5.41) is 16.6. The van der Waals surface area contributed by atoms with Gasteiger partial charge in [-0.15, -0.1) is 5.10 Å². The minimum atomic E-state index is -0.329. The van der Waals surface area contributed by atoms with Crippen LogP contribution >= 0.6 is 0 Å². The highest BCUT2D eigenvalue weighted by Crippen LogP contribution is 2.41. The Bertz CT molecular complexity index is 929. The van der Waals surface area contributed by atoms with E-state index in [1.807, 2.05) is 53.2 Å². The molecule has 1 aliphatic carbocycles. The van der Waals surface area contributed by atoms with Crippen molar-refractivity contribution < 1.29 is 9.47 Å². The first-order valence-corrected chi connectivity index (χ1v) is 9.99. The molecule has 0 amide bonds. The van der Waals surface area contributed by atoms with Gasteiger partial charge in [0.1, 0.15) is 11.5 Å². The van der Waals surface area contributed by atoms with Crippen LogP contribution in [0, 0.1) is 5.92 Å². The summed E-state index contributed by atoms with van der Waals surface area (Å²) in [4.78, 5) is 0. The summed E-state index contributed by atoms with van der Waals surface area (Å²) in [6, 6.07) is 15.8. The Balaban J connectivity index is 1.71. The highest BCUT2D eigenvalue weighted by molar-refractivity contribution is 5.50. The first-order chi connectivity index (χ1) is 14.1. The van der Waals surface area contributed by atoms with Crippen LogP contribution in [0.5, 0.6) is 11.5 Å². The van der Waals surface area contributed by atoms with E-state index in [2.05, 4.69) is 27.8 Å². The van der Waals surface area contributed by atoms with E-state index in [-0.39, 0.29) is 5.54 Å². The molecule has 0 unspecified atom stereocenters. The lowest BCUT2D eigenvalue weighted by Crippen LogP contribution is -2.41. The molecule has 1 saturated carbocycles. The summed E-state index contributed by atoms with van der Waals surface area (Å²) in [6.45, 7) is 2.31. The summed E-state index contributed by atoms with van der Waals surface area (Å²) in [7, 11) is 3.34. The van der Waals surface area contributed by atoms with Crippen molar-refractivity contribution in [2.24, 2.45) is 5.92 Å². The van der Waals surface area contributed by atoms with Gasteiger partial charge in [-0.05, 0) is 90.6 Å². The van der Waals surface area contributed by atoms with Crippen molar-refractivity contribution in [3.8, 4) is 17.2 Å². The Morgan fingerprint density at radius 2 is 1.52 bits per heavy atom. The van der Waals surface area contributed by atoms with Gasteiger partial charge in [-0.1, -0.05) is 6.92 Å². The fraction of sp³-hybridized carbons (Fsp3) is 0.409. The van der Waals surface area contributed by atoms with Crippen LogP contribution in [0.25, 0.3) is 5.69 Å². The third-order valence-corrected chi connectivity index (χ3v) is 5.82. The van der Waals surface area contributed by atoms with Crippen molar-refractivity contribution in [1.29, 1.82) is 0 Å². The Kier molecular flexibility index (Phi) is 5.38. The van der Waals surface area contributed by atoms with E-state index in [0.717, 1.165) is 54.4 Å². The van der Waals surface area contributed by atoms with Crippen LogP contribution in [0.15, 0.2) is 48.5 Å². The minimum Gasteiger partial charge on any atom is -0.497 e. The maximum absolute atomic E-state index is 5.29. The second-order valence-electron chi connectivity index (χ2n) is 7.73. The van der Waals surface area contributed by atoms with Crippen LogP contribution in [0.4, 0.5) is 5.69 Å². The molecule has 1 N–H and O–H groups in total. The first-order valence-electron chi connectivity index (χ1n) is 9.99. The van der Waals surface area contributed by atoms with Crippen molar-refractivity contribution in [2.75, 3.05) is 19.5 Å². The molecule has 0 radical (unpaired) electrons. The molecule has 0 saturated heterocycles. The number of methoxy groups -OCH3 is 2. The number of rotatable bonds is 6. The second kappa shape index (κ2) is 8.11. The molecular formula is C22H27N5O2. The van der Waals surface area contributed by atoms with Gasteiger partial charge in [-0.25, -0.2) is 0 Å². The van der Waals surface area contributed by atoms with E-state index in [1.165, 1.54) is 0 Å². The largest absolute Gasteiger partial charge is 0.497 e. The molecular weight excluding hydrogens is 366 g/mol. The molecule has 4 rings (SSSR count). The van der Waals surface area contributed by atoms with Gasteiger partial charge in [0.25, 0.3) is 0 Å². The summed E-state index contributed by atoms with van der Waals surface area (Å²) in [5.74, 6) is 3.18. The third-order valence-electron chi connectivity index (χ3n) is 5.82. The molecule has 2 aromatic carbocycles. The van der Waals surface area contributed by atoms with E-state index in [0.29, 0.717) is 5.92 Å². The van der Waals surface area contributed by atoms with E-state index in [4.69, 9.17) is 9.47 Å². The van der Waals surface area contributed by atoms with Gasteiger partial charge in [-0.3, -0.25) is 0 Å². The highest BCUT2D eigenvalue weighted by Gasteiger charge is 2.40. The van der Waals surface area contributed by atoms with E-state index >= 15 is 0 Å². The number of tetrazole rings is 1. The zero-order valence-electron chi connectivity index (χ0n) is 17.1. The van der Waals surface area contributed by atoms with Crippen molar-refractivity contribution in [2.45, 2.75) is 38.1 Å². The summed E-state index contributed by atoms with van der Waals surface area (Å²) in [5.41, 5.74) is 1.62. The minimum absolute atomic E-state index is 0.329. The Labute approximate surface area is 171 Å². The maximum atomic E-state index is 5.29. The first kappa shape index (κ1) is 19.2. The number of nitrogens with one attached hydrogen (secondary N) is 1. The molecule has 7 nitrogen and oxygen atoms in total. The normalized spacial score (nSPS) is 21.6. The zero-order chi connectivity index (χ0) is 20.3. The fourth-order valence-electron chi connectivity index (χ4n) is 3.99. The van der Waals surface area contributed by atoms with Crippen molar-refractivity contribution in [3.05, 3.63) is 54.4 Å². The highest BCUT2D eigenvalue weighted by atomic mass is 16.5. The average Bonchev–Trinajstić information content (AvgIpc) is 3.27. The molecule has 1 fully saturated rings. The van der Waals surface area contributed by atoms with Crippen LogP contribution in [0.3, 0.4) is 0 Å². The summed E-state index contributed by atoms with van der Waals surface area (Å²) < 4.78 is 12.4. The number of hydrogen-bond acceptors (Lipinski definition) is 6. The topological polar surface area (TPSA) is 74.1 Å². The molecule has 0 spiro atoms. The van der Waals surface area contributed by atoms with Gasteiger partial charge in [-0.2, -0.15) is 4.68 Å². The van der Waals surface area contributed by atoms with Crippen LogP contribution in [-0.2, 0) is 5.54 Å². The van der Waals surface area contributed by atoms with Gasteiger partial charge < -0.3 is 14.8 Å². The quantitative estimate of drug-likeness (QED) is 0.677. The van der Waals surface area contributed by atoms with Crippen molar-refractivity contribution in [3.63, 3.8) is 0 Å². The van der Waals surface area contributed by atoms with Crippen LogP contribution in [-0.4, -0.2) is 34.4 Å². The Morgan fingerprint density at radius 3 is 2.10 bits per heavy atom. The Hall–Kier alpha value is -3.09. The number of ether oxygens (including phenoxy) is 2. The number of nitrogens with zero attached hydrogens (tertiary/aromatic N) is 4. The molecule has 152 valence electrons. The fourth-order valence-corrected chi connectivity index (χ4v) is 3.99. The lowest BCUT2D eigenvalue weighted by atomic mass is 9.76. The van der Waals surface area contributed by atoms with Gasteiger partial charge in [0, 0.05) is 5.69 Å². The second-order valence-corrected chi connectivity index (χ2v) is 7.73. The van der Waals surface area contributed by atoms with Crippen LogP contribution < -0.4 is 14.8 Å². The van der Waals surface area contributed by atoms with E-state index in [9.17, 15) is 0 Å². The standard InChI is InChI=1S/C22H27N5O2/c1-16-12-14-22(15-13-16,23-17-4-8-19(28-2)9-5-17)21-24-25-26-27(21)18-6-10-20(29-3)11-7-18/h4-11,16,23H,12-15H2,1-3H3. The number of benzene rings is 2. The van der Waals surface area contributed by atoms with Crippen molar-refractivity contribution in [1.82, 2.24) is 20.2 Å². The summed E-state index contributed by atoms with van der Waals surface area (Å²) in [6.07, 6.45) is 4.19. The molecule has 7 heteroatoms. The molecule has 0 aliphatic heterocycles. The molecule has 1 aliphatic rings. The zero-order valence-corrected chi connectivity index (χ0v) is 17.1. The lowest BCUT2D eigenvalue weighted by molar-refractivity contribution is 0.255. The Morgan fingerprint density at radius 1 is 0.931 bits per heavy atom. The molecule has 0 atom stereocenters. The van der Waals surface area contributed by atoms with Crippen LogP contribution in [0.2, 0.25) is 0 Å². The smallest absolute Gasteiger partial charge is 0.181 e. The van der Waals surface area contributed by atoms with Crippen LogP contribution in [0.1, 0.15) is 38.4 Å². The average molecular weight is 393 g/mol. The predicted molar refractivity (Wildman–Crippen MR) is 112 cm³/mol. The van der Waals surface area contributed by atoms with Gasteiger partial charge in [0.15, 0.2) is 5.82 Å². The van der Waals surface area contributed by atoms with E-state index < -0.39 is 0 Å². The van der Waals surface area contributed by atoms with Crippen molar-refractivity contribution >= 4 is 5.69 Å². The SMILES string of the molecule is COc1ccc(NC2(c3nnnn3-c3ccc(OC)cc3)CCC(C)CC2)cc1. The monoisotopic (exact) mass is 393 g/mol. The predicted octanol–water partition coefficient (Wildman–Crippen LogP) is 4.20. The summed E-state index contributed by atoms with van der Waals surface area (Å²) >= 11 is 0. The molecule has 0 bridgehead atoms. The lowest BCUT2D eigenvalue weighted by Gasteiger charge is -2.39. The van der Waals surface area contributed by atoms with Gasteiger partial charge in [0.2, 0.25) is 0 Å². The molecule has 1 heterocycles. The molecule has 3 aromatic rings.